The summed E-state index contributed by atoms with van der Waals surface area (Å²) in [6.07, 6.45) is 2.31. The Kier molecular flexibility index (Phi) is 3.76. The number of sulfonamides is 1. The molecule has 1 aromatic rings. The van der Waals surface area contributed by atoms with E-state index in [1.807, 2.05) is 0 Å². The van der Waals surface area contributed by atoms with Gasteiger partial charge in [-0.15, -0.1) is 0 Å². The Morgan fingerprint density at radius 1 is 1.50 bits per heavy atom. The molecule has 3 N–H and O–H groups in total. The Bertz CT molecular complexity index is 504. The number of aromatic nitrogens is 2. The minimum atomic E-state index is -3.73. The maximum Gasteiger partial charge on any atom is 0.246 e. The largest absolute Gasteiger partial charge is 0.395 e. The molecule has 1 fully saturated rings. The molecule has 1 aromatic heterocycles. The summed E-state index contributed by atoms with van der Waals surface area (Å²) in [5.41, 5.74) is 5.31. The van der Waals surface area contributed by atoms with Gasteiger partial charge in [0.05, 0.1) is 38.3 Å². The van der Waals surface area contributed by atoms with Crippen molar-refractivity contribution in [2.45, 2.75) is 10.9 Å². The minimum absolute atomic E-state index is 0.00892. The maximum atomic E-state index is 12.3. The number of morpholine rings is 1. The van der Waals surface area contributed by atoms with Crippen LogP contribution in [0.4, 0.5) is 5.95 Å². The quantitative estimate of drug-likeness (QED) is 0.684. The summed E-state index contributed by atoms with van der Waals surface area (Å²) < 4.78 is 30.9. The van der Waals surface area contributed by atoms with Crippen LogP contribution in [0.5, 0.6) is 0 Å². The second-order valence-electron chi connectivity index (χ2n) is 3.80. The molecule has 0 bridgehead atoms. The first-order valence-corrected chi connectivity index (χ1v) is 6.77. The molecule has 0 saturated carbocycles. The molecule has 9 heteroatoms. The topological polar surface area (TPSA) is 119 Å². The fraction of sp³-hybridized carbons (Fsp3) is 0.556. The van der Waals surface area contributed by atoms with Crippen LogP contribution in [-0.2, 0) is 14.8 Å². The molecule has 100 valence electrons. The van der Waals surface area contributed by atoms with Gasteiger partial charge in [0.1, 0.15) is 4.90 Å². The zero-order valence-corrected chi connectivity index (χ0v) is 10.4. The van der Waals surface area contributed by atoms with Crippen molar-refractivity contribution in [3.63, 3.8) is 0 Å². The van der Waals surface area contributed by atoms with Gasteiger partial charge in [-0.05, 0) is 0 Å². The van der Waals surface area contributed by atoms with Crippen LogP contribution < -0.4 is 5.73 Å². The number of ether oxygens (including phenoxy) is 1. The van der Waals surface area contributed by atoms with Crippen LogP contribution in [0.25, 0.3) is 0 Å². The maximum absolute atomic E-state index is 12.3. The molecule has 2 rings (SSSR count). The molecule has 0 aliphatic carbocycles. The Labute approximate surface area is 104 Å². The van der Waals surface area contributed by atoms with Crippen LogP contribution in [0.1, 0.15) is 0 Å². The second-order valence-corrected chi connectivity index (χ2v) is 5.69. The van der Waals surface area contributed by atoms with Gasteiger partial charge in [0, 0.05) is 6.54 Å². The van der Waals surface area contributed by atoms with Gasteiger partial charge < -0.3 is 15.6 Å². The summed E-state index contributed by atoms with van der Waals surface area (Å²) in [6.45, 7) is 0.365. The molecule has 1 aliphatic rings. The fourth-order valence-corrected chi connectivity index (χ4v) is 3.17. The number of nitrogens with two attached hydrogens (primary N) is 1. The van der Waals surface area contributed by atoms with Crippen molar-refractivity contribution in [3.05, 3.63) is 12.4 Å². The SMILES string of the molecule is Nc1ncc(S(=O)(=O)N2CCOCC2CO)cn1. The van der Waals surface area contributed by atoms with Crippen molar-refractivity contribution < 1.29 is 18.3 Å². The third-order valence-electron chi connectivity index (χ3n) is 2.64. The van der Waals surface area contributed by atoms with Crippen LogP contribution in [0.2, 0.25) is 0 Å². The van der Waals surface area contributed by atoms with Crippen molar-refractivity contribution in [2.24, 2.45) is 0 Å². The van der Waals surface area contributed by atoms with Crippen LogP contribution in [0.3, 0.4) is 0 Å². The number of hydrogen-bond donors (Lipinski definition) is 2. The van der Waals surface area contributed by atoms with Crippen LogP contribution in [-0.4, -0.2) is 60.2 Å². The van der Waals surface area contributed by atoms with E-state index >= 15 is 0 Å². The average Bonchev–Trinajstić information content (AvgIpc) is 2.39. The Morgan fingerprint density at radius 3 is 2.78 bits per heavy atom. The zero-order chi connectivity index (χ0) is 13.2. The predicted octanol–water partition coefficient (Wildman–Crippen LogP) is -1.56. The molecule has 0 spiro atoms. The lowest BCUT2D eigenvalue weighted by Gasteiger charge is -2.33. The van der Waals surface area contributed by atoms with E-state index in [2.05, 4.69) is 9.97 Å². The van der Waals surface area contributed by atoms with Crippen molar-refractivity contribution in [1.29, 1.82) is 0 Å². The molecule has 8 nitrogen and oxygen atoms in total. The predicted molar refractivity (Wildman–Crippen MR) is 62.0 cm³/mol. The Balaban J connectivity index is 2.32. The highest BCUT2D eigenvalue weighted by molar-refractivity contribution is 7.89. The van der Waals surface area contributed by atoms with Gasteiger partial charge in [-0.3, -0.25) is 0 Å². The van der Waals surface area contributed by atoms with Crippen molar-refractivity contribution in [3.8, 4) is 0 Å². The van der Waals surface area contributed by atoms with Crippen LogP contribution in [0, 0.1) is 0 Å². The van der Waals surface area contributed by atoms with E-state index in [1.165, 1.54) is 4.31 Å². The highest BCUT2D eigenvalue weighted by Gasteiger charge is 2.34. The first kappa shape index (κ1) is 13.1. The first-order chi connectivity index (χ1) is 8.55. The van der Waals surface area contributed by atoms with Gasteiger partial charge in [-0.1, -0.05) is 0 Å². The molecule has 1 atom stereocenters. The zero-order valence-electron chi connectivity index (χ0n) is 9.56. The van der Waals surface area contributed by atoms with E-state index in [9.17, 15) is 13.5 Å². The highest BCUT2D eigenvalue weighted by atomic mass is 32.2. The van der Waals surface area contributed by atoms with Crippen molar-refractivity contribution in [2.75, 3.05) is 32.1 Å². The van der Waals surface area contributed by atoms with Gasteiger partial charge in [-0.2, -0.15) is 4.31 Å². The van der Waals surface area contributed by atoms with E-state index in [0.29, 0.717) is 6.61 Å². The number of anilines is 1. The van der Waals surface area contributed by atoms with Gasteiger partial charge >= 0.3 is 0 Å². The van der Waals surface area contributed by atoms with Gasteiger partial charge in [0.15, 0.2) is 0 Å². The molecule has 0 aromatic carbocycles. The molecule has 18 heavy (non-hydrogen) atoms. The van der Waals surface area contributed by atoms with E-state index in [-0.39, 0.29) is 30.6 Å². The smallest absolute Gasteiger partial charge is 0.246 e. The molecule has 1 saturated heterocycles. The van der Waals surface area contributed by atoms with Gasteiger partial charge in [-0.25, -0.2) is 18.4 Å². The third kappa shape index (κ3) is 2.43. The molecular weight excluding hydrogens is 260 g/mol. The van der Waals surface area contributed by atoms with Crippen molar-refractivity contribution in [1.82, 2.24) is 14.3 Å². The normalized spacial score (nSPS) is 21.9. The minimum Gasteiger partial charge on any atom is -0.395 e. The van der Waals surface area contributed by atoms with Crippen molar-refractivity contribution >= 4 is 16.0 Å². The lowest BCUT2D eigenvalue weighted by molar-refractivity contribution is 0.0109. The van der Waals surface area contributed by atoms with Crippen LogP contribution >= 0.6 is 0 Å². The van der Waals surface area contributed by atoms with E-state index in [0.717, 1.165) is 12.4 Å². The summed E-state index contributed by atoms with van der Waals surface area (Å²) >= 11 is 0. The summed E-state index contributed by atoms with van der Waals surface area (Å²) in [5.74, 6) is 0.00892. The summed E-state index contributed by atoms with van der Waals surface area (Å²) in [6, 6.07) is -0.582. The lowest BCUT2D eigenvalue weighted by atomic mass is 10.3. The first-order valence-electron chi connectivity index (χ1n) is 5.33. The molecule has 1 aliphatic heterocycles. The van der Waals surface area contributed by atoms with E-state index in [1.54, 1.807) is 0 Å². The monoisotopic (exact) mass is 274 g/mol. The van der Waals surface area contributed by atoms with Gasteiger partial charge in [0.2, 0.25) is 16.0 Å². The number of rotatable bonds is 3. The summed E-state index contributed by atoms with van der Waals surface area (Å²) in [4.78, 5) is 7.27. The third-order valence-corrected chi connectivity index (χ3v) is 4.54. The fourth-order valence-electron chi connectivity index (χ4n) is 1.69. The number of aliphatic hydroxyl groups excluding tert-OH is 1. The molecule has 1 unspecified atom stereocenters. The van der Waals surface area contributed by atoms with Gasteiger partial charge in [0.25, 0.3) is 0 Å². The second kappa shape index (κ2) is 5.14. The van der Waals surface area contributed by atoms with E-state index < -0.39 is 16.1 Å². The number of nitrogen functional groups attached to an aromatic ring is 1. The molecule has 0 radical (unpaired) electrons. The summed E-state index contributed by atoms with van der Waals surface area (Å²) in [7, 11) is -3.73. The highest BCUT2D eigenvalue weighted by Crippen LogP contribution is 2.19. The molecule has 0 amide bonds. The standard InChI is InChI=1S/C9H14N4O4S/c10-9-11-3-8(4-12-9)18(15,16)13-1-2-17-6-7(13)5-14/h3-4,7,14H,1-2,5-6H2,(H2,10,11,12). The number of hydrogen-bond acceptors (Lipinski definition) is 7. The summed E-state index contributed by atoms with van der Waals surface area (Å²) in [5, 5.41) is 9.18. The average molecular weight is 274 g/mol. The molecular formula is C9H14N4O4S. The Morgan fingerprint density at radius 2 is 2.17 bits per heavy atom. The Hall–Kier alpha value is -1.29. The lowest BCUT2D eigenvalue weighted by Crippen LogP contribution is -2.50. The van der Waals surface area contributed by atoms with Crippen LogP contribution in [0.15, 0.2) is 17.3 Å². The van der Waals surface area contributed by atoms with E-state index in [4.69, 9.17) is 10.5 Å². The molecule has 2 heterocycles. The number of aliphatic hydroxyl groups is 1. The number of nitrogens with zero attached hydrogens (tertiary/aromatic N) is 3.